The van der Waals surface area contributed by atoms with E-state index >= 15 is 0 Å². The number of hydrogen-bond donors (Lipinski definition) is 2. The third-order valence-corrected chi connectivity index (χ3v) is 5.07. The molecule has 0 aromatic heterocycles. The average Bonchev–Trinajstić information content (AvgIpc) is 2.74. The molecule has 29 heavy (non-hydrogen) atoms. The second-order valence-electron chi connectivity index (χ2n) is 7.25. The van der Waals surface area contributed by atoms with Crippen LogP contribution in [0, 0.1) is 0 Å². The van der Waals surface area contributed by atoms with Crippen molar-refractivity contribution in [1.29, 1.82) is 0 Å². The summed E-state index contributed by atoms with van der Waals surface area (Å²) in [7, 11) is 0. The van der Waals surface area contributed by atoms with Gasteiger partial charge in [0.25, 0.3) is 5.91 Å². The molecule has 1 fully saturated rings. The maximum absolute atomic E-state index is 12.6. The van der Waals surface area contributed by atoms with Crippen molar-refractivity contribution >= 4 is 17.7 Å². The summed E-state index contributed by atoms with van der Waals surface area (Å²) < 4.78 is 16.9. The van der Waals surface area contributed by atoms with Gasteiger partial charge in [0.15, 0.2) is 11.5 Å². The Bertz CT molecular complexity index is 857. The minimum Gasteiger partial charge on any atom is -0.485 e. The number of rotatable bonds is 4. The number of fused-ring (bicyclic) bond motifs is 1. The zero-order valence-corrected chi connectivity index (χ0v) is 16.0. The summed E-state index contributed by atoms with van der Waals surface area (Å²) in [5, 5.41) is 5.74. The fourth-order valence-electron chi connectivity index (χ4n) is 3.65. The van der Waals surface area contributed by atoms with E-state index in [0.717, 1.165) is 19.3 Å². The fraction of sp³-hybridized carbons (Fsp3) is 0.364. The van der Waals surface area contributed by atoms with Crippen LogP contribution in [0.4, 0.5) is 10.5 Å². The van der Waals surface area contributed by atoms with Crippen LogP contribution >= 0.6 is 0 Å². The van der Waals surface area contributed by atoms with Crippen LogP contribution in [0.3, 0.4) is 0 Å². The van der Waals surface area contributed by atoms with Crippen LogP contribution in [0.5, 0.6) is 11.5 Å². The molecule has 0 spiro atoms. The number of amides is 2. The van der Waals surface area contributed by atoms with Crippen LogP contribution in [0.1, 0.15) is 25.7 Å². The Morgan fingerprint density at radius 1 is 0.966 bits per heavy atom. The highest BCUT2D eigenvalue weighted by molar-refractivity contribution is 5.84. The van der Waals surface area contributed by atoms with E-state index < -0.39 is 12.2 Å². The van der Waals surface area contributed by atoms with Gasteiger partial charge in [0.2, 0.25) is 6.10 Å². The summed E-state index contributed by atoms with van der Waals surface area (Å²) in [6.45, 7) is 0.176. The zero-order valence-electron chi connectivity index (χ0n) is 16.0. The monoisotopic (exact) mass is 396 g/mol. The molecule has 0 unspecified atom stereocenters. The molecule has 1 aliphatic carbocycles. The molecule has 0 bridgehead atoms. The Balaban J connectivity index is 1.26. The summed E-state index contributed by atoms with van der Waals surface area (Å²) in [5.41, 5.74) is 0.688. The van der Waals surface area contributed by atoms with Crippen LogP contribution in [0.25, 0.3) is 0 Å². The van der Waals surface area contributed by atoms with E-state index in [0.29, 0.717) is 23.6 Å². The Kier molecular flexibility index (Phi) is 5.84. The summed E-state index contributed by atoms with van der Waals surface area (Å²) in [5.74, 6) is 1.01. The molecule has 3 atom stereocenters. The van der Waals surface area contributed by atoms with Crippen LogP contribution in [-0.4, -0.2) is 36.9 Å². The van der Waals surface area contributed by atoms with E-state index in [-0.39, 0.29) is 24.7 Å². The highest BCUT2D eigenvalue weighted by Crippen LogP contribution is 2.31. The fourth-order valence-corrected chi connectivity index (χ4v) is 3.65. The number of hydrogen-bond acceptors (Lipinski definition) is 5. The van der Waals surface area contributed by atoms with E-state index in [2.05, 4.69) is 10.6 Å². The third kappa shape index (κ3) is 4.99. The lowest BCUT2D eigenvalue weighted by Gasteiger charge is -2.31. The molecule has 152 valence electrons. The number of anilines is 1. The van der Waals surface area contributed by atoms with Gasteiger partial charge in [0.1, 0.15) is 12.7 Å². The summed E-state index contributed by atoms with van der Waals surface area (Å²) in [4.78, 5) is 24.7. The van der Waals surface area contributed by atoms with E-state index in [4.69, 9.17) is 14.2 Å². The Hall–Kier alpha value is -3.22. The van der Waals surface area contributed by atoms with Gasteiger partial charge in [-0.3, -0.25) is 10.1 Å². The number of benzene rings is 2. The Labute approximate surface area is 169 Å². The molecule has 1 heterocycles. The quantitative estimate of drug-likeness (QED) is 0.826. The van der Waals surface area contributed by atoms with Crippen molar-refractivity contribution in [2.24, 2.45) is 0 Å². The number of ether oxygens (including phenoxy) is 3. The molecule has 7 nitrogen and oxygen atoms in total. The number of carbonyl (C=O) groups is 2. The van der Waals surface area contributed by atoms with Gasteiger partial charge in [-0.25, -0.2) is 4.79 Å². The van der Waals surface area contributed by atoms with Crippen molar-refractivity contribution in [3.8, 4) is 11.5 Å². The van der Waals surface area contributed by atoms with E-state index in [1.807, 2.05) is 36.4 Å². The molecular formula is C22H24N2O5. The van der Waals surface area contributed by atoms with Crippen LogP contribution in [-0.2, 0) is 9.53 Å². The normalized spacial score (nSPS) is 23.0. The van der Waals surface area contributed by atoms with Crippen LogP contribution in [0.2, 0.25) is 0 Å². The lowest BCUT2D eigenvalue weighted by atomic mass is 9.92. The molecule has 0 radical (unpaired) electrons. The minimum atomic E-state index is -0.687. The third-order valence-electron chi connectivity index (χ3n) is 5.07. The molecule has 2 N–H and O–H groups in total. The van der Waals surface area contributed by atoms with Crippen molar-refractivity contribution in [1.82, 2.24) is 5.32 Å². The first-order valence-electron chi connectivity index (χ1n) is 9.89. The summed E-state index contributed by atoms with van der Waals surface area (Å²) in [6.07, 6.45) is 1.68. The van der Waals surface area contributed by atoms with Crippen molar-refractivity contribution in [2.75, 3.05) is 11.9 Å². The van der Waals surface area contributed by atoms with Crippen molar-refractivity contribution in [3.63, 3.8) is 0 Å². The largest absolute Gasteiger partial charge is 0.485 e. The van der Waals surface area contributed by atoms with E-state index in [9.17, 15) is 9.59 Å². The molecule has 0 saturated heterocycles. The second kappa shape index (κ2) is 8.86. The molecular weight excluding hydrogens is 372 g/mol. The summed E-state index contributed by atoms with van der Waals surface area (Å²) >= 11 is 0. The first-order chi connectivity index (χ1) is 14.2. The Morgan fingerprint density at radius 3 is 2.55 bits per heavy atom. The number of para-hydroxylation sites is 3. The molecule has 2 aromatic rings. The predicted octanol–water partition coefficient (Wildman–Crippen LogP) is 3.50. The smallest absolute Gasteiger partial charge is 0.411 e. The van der Waals surface area contributed by atoms with E-state index in [1.54, 1.807) is 18.2 Å². The lowest BCUT2D eigenvalue weighted by molar-refractivity contribution is -0.131. The van der Waals surface area contributed by atoms with Gasteiger partial charge in [-0.05, 0) is 43.5 Å². The van der Waals surface area contributed by atoms with Gasteiger partial charge in [-0.2, -0.15) is 0 Å². The highest BCUT2D eigenvalue weighted by atomic mass is 16.6. The highest BCUT2D eigenvalue weighted by Gasteiger charge is 2.31. The first-order valence-corrected chi connectivity index (χ1v) is 9.89. The number of nitrogens with one attached hydrogen (secondary N) is 2. The van der Waals surface area contributed by atoms with Gasteiger partial charge in [-0.15, -0.1) is 0 Å². The van der Waals surface area contributed by atoms with Crippen molar-refractivity contribution in [2.45, 2.75) is 43.9 Å². The van der Waals surface area contributed by atoms with Crippen molar-refractivity contribution in [3.05, 3.63) is 54.6 Å². The standard InChI is InChI=1S/C22H24N2O5/c25-21(20-14-27-18-11-4-5-12-19(18)29-20)23-16-9-6-10-17(13-16)28-22(26)24-15-7-2-1-3-8-15/h1-5,7-8,11-12,16-17,20H,6,9-10,13-14H2,(H,23,25)(H,24,26)/t16-,17-,20+/m1/s1. The zero-order chi connectivity index (χ0) is 20.1. The average molecular weight is 396 g/mol. The second-order valence-corrected chi connectivity index (χ2v) is 7.25. The van der Waals surface area contributed by atoms with Crippen LogP contribution < -0.4 is 20.1 Å². The molecule has 2 amide bonds. The SMILES string of the molecule is O=C(Nc1ccccc1)O[C@@H]1CCC[C@@H](NC(=O)[C@@H]2COc3ccccc3O2)C1. The number of carbonyl (C=O) groups excluding carboxylic acids is 2. The van der Waals surface area contributed by atoms with Crippen LogP contribution in [0.15, 0.2) is 54.6 Å². The van der Waals surface area contributed by atoms with E-state index in [1.165, 1.54) is 0 Å². The molecule has 7 heteroatoms. The van der Waals surface area contributed by atoms with Gasteiger partial charge in [0.05, 0.1) is 0 Å². The molecule has 2 aromatic carbocycles. The molecule has 1 aliphatic heterocycles. The maximum Gasteiger partial charge on any atom is 0.411 e. The van der Waals surface area contributed by atoms with Gasteiger partial charge in [-0.1, -0.05) is 30.3 Å². The topological polar surface area (TPSA) is 85.9 Å². The molecule has 2 aliphatic rings. The van der Waals surface area contributed by atoms with Gasteiger partial charge in [0, 0.05) is 18.2 Å². The van der Waals surface area contributed by atoms with Gasteiger partial charge < -0.3 is 19.5 Å². The lowest BCUT2D eigenvalue weighted by Crippen LogP contribution is -2.49. The summed E-state index contributed by atoms with van der Waals surface area (Å²) in [6, 6.07) is 16.4. The Morgan fingerprint density at radius 2 is 1.72 bits per heavy atom. The van der Waals surface area contributed by atoms with Gasteiger partial charge >= 0.3 is 6.09 Å². The minimum absolute atomic E-state index is 0.0634. The first kappa shape index (κ1) is 19.1. The maximum atomic E-state index is 12.6. The van der Waals surface area contributed by atoms with Crippen molar-refractivity contribution < 1.29 is 23.8 Å². The molecule has 1 saturated carbocycles. The molecule has 4 rings (SSSR count). The predicted molar refractivity (Wildman–Crippen MR) is 107 cm³/mol.